The second-order valence-corrected chi connectivity index (χ2v) is 8.51. The van der Waals surface area contributed by atoms with Gasteiger partial charge in [0, 0.05) is 41.4 Å². The minimum atomic E-state index is -0.102. The van der Waals surface area contributed by atoms with Crippen LogP contribution in [0.5, 0.6) is 0 Å². The van der Waals surface area contributed by atoms with Crippen molar-refractivity contribution >= 4 is 29.1 Å². The number of Topliss-reactive ketones (excluding diaryl/α,β-unsaturated/α-hetero) is 1. The number of rotatable bonds is 8. The Kier molecular flexibility index (Phi) is 6.95. The molecule has 0 saturated carbocycles. The van der Waals surface area contributed by atoms with Gasteiger partial charge in [0.05, 0.1) is 5.69 Å². The number of aryl methyl sites for hydroxylation is 1. The van der Waals surface area contributed by atoms with Gasteiger partial charge in [-0.25, -0.2) is 0 Å². The highest BCUT2D eigenvalue weighted by atomic mass is 32.2. The maximum atomic E-state index is 12.4. The Morgan fingerprint density at radius 2 is 1.70 bits per heavy atom. The lowest BCUT2D eigenvalue weighted by Gasteiger charge is -2.13. The number of ketones is 1. The van der Waals surface area contributed by atoms with Gasteiger partial charge < -0.3 is 5.32 Å². The molecule has 4 rings (SSSR count). The largest absolute Gasteiger partial charge is 0.326 e. The zero-order valence-electron chi connectivity index (χ0n) is 18.4. The number of hydrogen-bond donors (Lipinski definition) is 1. The fourth-order valence-electron chi connectivity index (χ4n) is 3.33. The smallest absolute Gasteiger partial charge is 0.225 e. The van der Waals surface area contributed by atoms with Crippen LogP contribution in [0, 0.1) is 6.92 Å². The van der Waals surface area contributed by atoms with E-state index in [4.69, 9.17) is 0 Å². The summed E-state index contributed by atoms with van der Waals surface area (Å²) in [7, 11) is 0. The van der Waals surface area contributed by atoms with E-state index >= 15 is 0 Å². The molecule has 2 heterocycles. The fourth-order valence-corrected chi connectivity index (χ4v) is 4.21. The van der Waals surface area contributed by atoms with E-state index in [9.17, 15) is 9.59 Å². The molecule has 7 nitrogen and oxygen atoms in total. The van der Waals surface area contributed by atoms with Crippen LogP contribution < -0.4 is 5.32 Å². The van der Waals surface area contributed by atoms with Gasteiger partial charge in [0.1, 0.15) is 0 Å². The van der Waals surface area contributed by atoms with Crippen LogP contribution in [0.25, 0.3) is 17.1 Å². The van der Waals surface area contributed by atoms with Crippen molar-refractivity contribution in [3.8, 4) is 17.1 Å². The normalized spacial score (nSPS) is 10.7. The van der Waals surface area contributed by atoms with Gasteiger partial charge >= 0.3 is 0 Å². The zero-order valence-corrected chi connectivity index (χ0v) is 19.2. The topological polar surface area (TPSA) is 89.8 Å². The quantitative estimate of drug-likeness (QED) is 0.297. The number of thioether (sulfide) groups is 1. The van der Waals surface area contributed by atoms with Gasteiger partial charge in [-0.3, -0.25) is 19.1 Å². The molecule has 4 aromatic rings. The molecule has 0 aliphatic carbocycles. The molecule has 0 radical (unpaired) electrons. The first kappa shape index (κ1) is 22.4. The van der Waals surface area contributed by atoms with Gasteiger partial charge in [-0.15, -0.1) is 10.2 Å². The second kappa shape index (κ2) is 10.2. The third kappa shape index (κ3) is 5.35. The summed E-state index contributed by atoms with van der Waals surface area (Å²) in [4.78, 5) is 27.9. The Balaban J connectivity index is 1.48. The molecule has 8 heteroatoms. The van der Waals surface area contributed by atoms with Crippen LogP contribution in [0.3, 0.4) is 0 Å². The number of anilines is 1. The highest BCUT2D eigenvalue weighted by Crippen LogP contribution is 2.29. The number of carbonyl (C=O) groups is 2. The lowest BCUT2D eigenvalue weighted by molar-refractivity contribution is -0.115. The molecule has 2 aromatic carbocycles. The van der Waals surface area contributed by atoms with Crippen molar-refractivity contribution in [2.24, 2.45) is 0 Å². The van der Waals surface area contributed by atoms with E-state index in [1.54, 1.807) is 36.7 Å². The van der Waals surface area contributed by atoms with Crippen LogP contribution >= 0.6 is 11.8 Å². The molecular weight excluding hydrogens is 434 g/mol. The highest BCUT2D eigenvalue weighted by molar-refractivity contribution is 7.99. The third-order valence-corrected chi connectivity index (χ3v) is 5.99. The number of benzene rings is 2. The summed E-state index contributed by atoms with van der Waals surface area (Å²) in [6.45, 7) is 3.56. The van der Waals surface area contributed by atoms with E-state index in [1.807, 2.05) is 47.9 Å². The molecule has 0 fully saturated rings. The summed E-state index contributed by atoms with van der Waals surface area (Å²) in [5.41, 5.74) is 4.29. The maximum absolute atomic E-state index is 12.4. The highest BCUT2D eigenvalue weighted by Gasteiger charge is 2.17. The Hall–Kier alpha value is -3.78. The van der Waals surface area contributed by atoms with E-state index < -0.39 is 0 Å². The number of aromatic nitrogens is 4. The molecular formula is C25H23N5O2S. The average molecular weight is 458 g/mol. The Bertz CT molecular complexity index is 1270. The van der Waals surface area contributed by atoms with Crippen molar-refractivity contribution in [3.63, 3.8) is 0 Å². The first-order valence-electron chi connectivity index (χ1n) is 10.5. The maximum Gasteiger partial charge on any atom is 0.225 e. The van der Waals surface area contributed by atoms with E-state index in [2.05, 4.69) is 20.5 Å². The molecule has 2 aromatic heterocycles. The molecule has 0 unspecified atom stereocenters. The van der Waals surface area contributed by atoms with Crippen LogP contribution in [-0.4, -0.2) is 37.2 Å². The minimum absolute atomic E-state index is 0.00632. The predicted octanol–water partition coefficient (Wildman–Crippen LogP) is 4.96. The first-order valence-corrected chi connectivity index (χ1v) is 11.5. The van der Waals surface area contributed by atoms with Crippen molar-refractivity contribution in [2.75, 3.05) is 11.1 Å². The van der Waals surface area contributed by atoms with Crippen LogP contribution in [0.1, 0.15) is 29.3 Å². The molecule has 0 saturated heterocycles. The Labute approximate surface area is 196 Å². The van der Waals surface area contributed by atoms with Crippen molar-refractivity contribution in [1.29, 1.82) is 0 Å². The molecule has 33 heavy (non-hydrogen) atoms. The van der Waals surface area contributed by atoms with Crippen molar-refractivity contribution < 1.29 is 9.59 Å². The van der Waals surface area contributed by atoms with Gasteiger partial charge in [0.2, 0.25) is 5.91 Å². The molecule has 0 spiro atoms. The van der Waals surface area contributed by atoms with Gasteiger partial charge in [0.15, 0.2) is 16.8 Å². The molecule has 1 N–H and O–H groups in total. The van der Waals surface area contributed by atoms with Gasteiger partial charge in [-0.1, -0.05) is 30.0 Å². The van der Waals surface area contributed by atoms with Gasteiger partial charge in [-0.2, -0.15) is 0 Å². The third-order valence-electron chi connectivity index (χ3n) is 5.06. The SMILES string of the molecule is CC(=O)c1ccc(NC(=O)CCSc2nnc(-c3ccncc3)n2-c2ccccc2C)cc1. The van der Waals surface area contributed by atoms with E-state index in [0.29, 0.717) is 23.4 Å². The van der Waals surface area contributed by atoms with Crippen molar-refractivity contribution in [2.45, 2.75) is 25.4 Å². The summed E-state index contributed by atoms with van der Waals surface area (Å²) >= 11 is 1.48. The summed E-state index contributed by atoms with van der Waals surface area (Å²) in [5, 5.41) is 12.4. The lowest BCUT2D eigenvalue weighted by Crippen LogP contribution is -2.12. The predicted molar refractivity (Wildman–Crippen MR) is 130 cm³/mol. The molecule has 1 amide bonds. The van der Waals surface area contributed by atoms with Crippen molar-refractivity contribution in [1.82, 2.24) is 19.7 Å². The molecule has 0 atom stereocenters. The summed E-state index contributed by atoms with van der Waals surface area (Å²) in [6, 6.07) is 18.7. The number of hydrogen-bond acceptors (Lipinski definition) is 6. The molecule has 166 valence electrons. The van der Waals surface area contributed by atoms with E-state index in [1.165, 1.54) is 18.7 Å². The van der Waals surface area contributed by atoms with Gasteiger partial charge in [-0.05, 0) is 61.9 Å². The zero-order chi connectivity index (χ0) is 23.2. The van der Waals surface area contributed by atoms with Gasteiger partial charge in [0.25, 0.3) is 0 Å². The molecule has 0 bridgehead atoms. The number of amides is 1. The van der Waals surface area contributed by atoms with E-state index in [-0.39, 0.29) is 11.7 Å². The van der Waals surface area contributed by atoms with Crippen LogP contribution in [0.15, 0.2) is 78.2 Å². The van der Waals surface area contributed by atoms with Crippen LogP contribution in [0.2, 0.25) is 0 Å². The number of nitrogens with zero attached hydrogens (tertiary/aromatic N) is 4. The Morgan fingerprint density at radius 3 is 2.39 bits per heavy atom. The fraction of sp³-hybridized carbons (Fsp3) is 0.160. The van der Waals surface area contributed by atoms with Crippen LogP contribution in [-0.2, 0) is 4.79 Å². The summed E-state index contributed by atoms with van der Waals surface area (Å²) in [6.07, 6.45) is 3.77. The number of pyridine rings is 1. The van der Waals surface area contributed by atoms with Crippen LogP contribution in [0.4, 0.5) is 5.69 Å². The number of nitrogens with one attached hydrogen (secondary N) is 1. The number of carbonyl (C=O) groups excluding carboxylic acids is 2. The standard InChI is InChI=1S/C25H23N5O2S/c1-17-5-3-4-6-22(17)30-24(20-11-14-26-15-12-20)28-29-25(30)33-16-13-23(32)27-21-9-7-19(8-10-21)18(2)31/h3-12,14-15H,13,16H2,1-2H3,(H,27,32). The monoisotopic (exact) mass is 457 g/mol. The first-order chi connectivity index (χ1) is 16.0. The van der Waals surface area contributed by atoms with E-state index in [0.717, 1.165) is 27.8 Å². The molecule has 0 aliphatic rings. The lowest BCUT2D eigenvalue weighted by atomic mass is 10.1. The molecule has 0 aliphatic heterocycles. The summed E-state index contributed by atoms with van der Waals surface area (Å²) < 4.78 is 2.02. The second-order valence-electron chi connectivity index (χ2n) is 7.44. The minimum Gasteiger partial charge on any atom is -0.326 e. The average Bonchev–Trinajstić information content (AvgIpc) is 3.24. The Morgan fingerprint density at radius 1 is 0.970 bits per heavy atom. The number of para-hydroxylation sites is 1. The van der Waals surface area contributed by atoms with Crippen molar-refractivity contribution in [3.05, 3.63) is 84.2 Å². The summed E-state index contributed by atoms with van der Waals surface area (Å²) in [5.74, 6) is 1.16.